The maximum absolute atomic E-state index is 13.4. The van der Waals surface area contributed by atoms with E-state index in [1.54, 1.807) is 6.08 Å². The van der Waals surface area contributed by atoms with Crippen molar-refractivity contribution in [1.29, 1.82) is 0 Å². The second-order valence-electron chi connectivity index (χ2n) is 6.93. The van der Waals surface area contributed by atoms with Gasteiger partial charge in [0, 0.05) is 19.6 Å². The SMILES string of the molecule is OCC1=CC=C(COc2c(O)cccc2F)SS1.OCC1=CC=C(COc2cccc(F)c2O)SS1. The largest absolute Gasteiger partial charge is 0.504 e. The average Bonchev–Trinajstić information content (AvgIpc) is 2.90. The number of aliphatic hydroxyl groups excluding tert-OH is 2. The normalized spacial score (nSPS) is 15.0. The zero-order chi connectivity index (χ0) is 25.9. The summed E-state index contributed by atoms with van der Waals surface area (Å²) >= 11 is 0. The number of aromatic hydroxyl groups is 2. The van der Waals surface area contributed by atoms with Crippen molar-refractivity contribution in [2.75, 3.05) is 26.4 Å². The molecule has 36 heavy (non-hydrogen) atoms. The predicted molar refractivity (Wildman–Crippen MR) is 144 cm³/mol. The summed E-state index contributed by atoms with van der Waals surface area (Å²) in [5.41, 5.74) is 0. The molecule has 2 heterocycles. The first-order valence-electron chi connectivity index (χ1n) is 10.3. The summed E-state index contributed by atoms with van der Waals surface area (Å²) in [5, 5.41) is 36.7. The standard InChI is InChI=1S/2C12H11FO3S2/c13-10-2-1-3-11(12(10)15)16-7-9-5-4-8(6-14)17-18-9;13-10-2-1-3-11(15)12(10)16-7-9-5-4-8(6-14)17-18-9/h2*1-5,14-15H,6-7H2. The van der Waals surface area contributed by atoms with E-state index in [1.165, 1.54) is 79.6 Å². The number of hydrogen-bond acceptors (Lipinski definition) is 10. The highest BCUT2D eigenvalue weighted by atomic mass is 33.1. The number of phenols is 2. The molecule has 0 unspecified atom stereocenters. The van der Waals surface area contributed by atoms with Gasteiger partial charge in [-0.15, -0.1) is 0 Å². The van der Waals surface area contributed by atoms with Gasteiger partial charge in [0.05, 0.1) is 13.2 Å². The number of ether oxygens (including phenoxy) is 2. The van der Waals surface area contributed by atoms with Crippen molar-refractivity contribution in [3.05, 3.63) is 92.0 Å². The molecular weight excluding hydrogens is 551 g/mol. The third kappa shape index (κ3) is 8.43. The van der Waals surface area contributed by atoms with Crippen LogP contribution in [-0.4, -0.2) is 46.9 Å². The van der Waals surface area contributed by atoms with Crippen LogP contribution in [0.15, 0.2) is 80.3 Å². The lowest BCUT2D eigenvalue weighted by molar-refractivity contribution is 0.315. The molecule has 0 atom stereocenters. The topological polar surface area (TPSA) is 99.4 Å². The zero-order valence-electron chi connectivity index (χ0n) is 18.6. The van der Waals surface area contributed by atoms with Crippen LogP contribution in [0.1, 0.15) is 0 Å². The van der Waals surface area contributed by atoms with Crippen LogP contribution >= 0.6 is 43.2 Å². The number of benzene rings is 2. The van der Waals surface area contributed by atoms with Gasteiger partial charge in [0.1, 0.15) is 13.2 Å². The van der Waals surface area contributed by atoms with Gasteiger partial charge in [-0.3, -0.25) is 0 Å². The van der Waals surface area contributed by atoms with Crippen LogP contribution in [0, 0.1) is 11.6 Å². The zero-order valence-corrected chi connectivity index (χ0v) is 21.9. The molecule has 6 nitrogen and oxygen atoms in total. The minimum Gasteiger partial charge on any atom is -0.504 e. The van der Waals surface area contributed by atoms with Crippen molar-refractivity contribution in [2.45, 2.75) is 0 Å². The number of para-hydroxylation sites is 2. The molecule has 0 aliphatic carbocycles. The molecule has 12 heteroatoms. The molecule has 0 radical (unpaired) electrons. The van der Waals surface area contributed by atoms with Crippen molar-refractivity contribution in [3.8, 4) is 23.0 Å². The van der Waals surface area contributed by atoms with E-state index in [4.69, 9.17) is 19.7 Å². The van der Waals surface area contributed by atoms with Crippen molar-refractivity contribution >= 4 is 43.2 Å². The van der Waals surface area contributed by atoms with Crippen LogP contribution in [0.5, 0.6) is 23.0 Å². The second kappa shape index (κ2) is 14.5. The minimum absolute atomic E-state index is 0.0103. The van der Waals surface area contributed by atoms with Gasteiger partial charge in [-0.25, -0.2) is 8.78 Å². The predicted octanol–water partition coefficient (Wildman–Crippen LogP) is 6.13. The summed E-state index contributed by atoms with van der Waals surface area (Å²) in [4.78, 5) is 3.55. The highest BCUT2D eigenvalue weighted by Crippen LogP contribution is 2.41. The van der Waals surface area contributed by atoms with Gasteiger partial charge in [-0.05, 0) is 48.6 Å². The van der Waals surface area contributed by atoms with Crippen molar-refractivity contribution in [1.82, 2.24) is 0 Å². The molecule has 4 rings (SSSR count). The van der Waals surface area contributed by atoms with Gasteiger partial charge in [-0.1, -0.05) is 55.3 Å². The van der Waals surface area contributed by atoms with Crippen molar-refractivity contribution in [2.24, 2.45) is 0 Å². The Kier molecular flexibility index (Phi) is 11.4. The summed E-state index contributed by atoms with van der Waals surface area (Å²) in [6, 6.07) is 8.18. The molecule has 0 bridgehead atoms. The Morgan fingerprint density at radius 1 is 0.639 bits per heavy atom. The number of halogens is 2. The molecule has 2 aromatic rings. The first-order chi connectivity index (χ1) is 17.4. The van der Waals surface area contributed by atoms with Crippen molar-refractivity contribution in [3.63, 3.8) is 0 Å². The lowest BCUT2D eigenvalue weighted by atomic mass is 10.3. The van der Waals surface area contributed by atoms with Gasteiger partial charge in [-0.2, -0.15) is 0 Å². The smallest absolute Gasteiger partial charge is 0.197 e. The molecule has 4 N–H and O–H groups in total. The molecule has 0 aromatic heterocycles. The average molecular weight is 573 g/mol. The summed E-state index contributed by atoms with van der Waals surface area (Å²) in [5.74, 6) is -1.99. The summed E-state index contributed by atoms with van der Waals surface area (Å²) < 4.78 is 37.0. The molecule has 0 spiro atoms. The van der Waals surface area contributed by atoms with Crippen LogP contribution in [0.2, 0.25) is 0 Å². The summed E-state index contributed by atoms with van der Waals surface area (Å²) in [6.45, 7) is 0.467. The van der Waals surface area contributed by atoms with E-state index in [-0.39, 0.29) is 43.7 Å². The Bertz CT molecular complexity index is 1160. The highest BCUT2D eigenvalue weighted by Gasteiger charge is 2.13. The fourth-order valence-corrected chi connectivity index (χ4v) is 6.34. The molecule has 2 aromatic carbocycles. The lowest BCUT2D eigenvalue weighted by Gasteiger charge is -2.13. The van der Waals surface area contributed by atoms with E-state index in [0.717, 1.165) is 19.6 Å². The van der Waals surface area contributed by atoms with E-state index in [1.807, 2.05) is 18.2 Å². The quantitative estimate of drug-likeness (QED) is 0.277. The van der Waals surface area contributed by atoms with E-state index in [0.29, 0.717) is 0 Å². The fourth-order valence-electron chi connectivity index (χ4n) is 2.54. The molecular formula is C24H22F2O6S4. The maximum atomic E-state index is 13.4. The first kappa shape index (κ1) is 28.4. The molecule has 0 fully saturated rings. The highest BCUT2D eigenvalue weighted by molar-refractivity contribution is 8.80. The lowest BCUT2D eigenvalue weighted by Crippen LogP contribution is -2.01. The first-order valence-corrected chi connectivity index (χ1v) is 14.6. The van der Waals surface area contributed by atoms with Gasteiger partial charge in [0.25, 0.3) is 0 Å². The molecule has 0 amide bonds. The van der Waals surface area contributed by atoms with Gasteiger partial charge in [0.2, 0.25) is 0 Å². The number of allylic oxidation sites excluding steroid dienone is 4. The van der Waals surface area contributed by atoms with E-state index in [2.05, 4.69) is 0 Å². The van der Waals surface area contributed by atoms with Crippen molar-refractivity contribution < 1.29 is 38.7 Å². The minimum atomic E-state index is -0.699. The Hall–Kier alpha value is -2.22. The second-order valence-corrected chi connectivity index (χ2v) is 11.7. The maximum Gasteiger partial charge on any atom is 0.197 e. The molecule has 0 saturated heterocycles. The van der Waals surface area contributed by atoms with Crippen LogP contribution in [-0.2, 0) is 0 Å². The number of phenolic OH excluding ortho intramolecular Hbond substituents is 2. The Morgan fingerprint density at radius 2 is 1.14 bits per heavy atom. The fraction of sp³-hybridized carbons (Fsp3) is 0.167. The van der Waals surface area contributed by atoms with Gasteiger partial charge >= 0.3 is 0 Å². The number of aliphatic hydroxyl groups is 2. The third-order valence-electron chi connectivity index (χ3n) is 4.36. The number of hydrogen-bond donors (Lipinski definition) is 4. The molecule has 0 saturated carbocycles. The molecule has 192 valence electrons. The van der Waals surface area contributed by atoms with Crippen LogP contribution < -0.4 is 9.47 Å². The van der Waals surface area contributed by atoms with Crippen LogP contribution in [0.4, 0.5) is 8.78 Å². The Morgan fingerprint density at radius 3 is 1.67 bits per heavy atom. The molecule has 2 aliphatic heterocycles. The van der Waals surface area contributed by atoms with E-state index < -0.39 is 17.4 Å². The van der Waals surface area contributed by atoms with E-state index in [9.17, 15) is 19.0 Å². The number of rotatable bonds is 8. The van der Waals surface area contributed by atoms with E-state index >= 15 is 0 Å². The van der Waals surface area contributed by atoms with Crippen LogP contribution in [0.25, 0.3) is 0 Å². The van der Waals surface area contributed by atoms with Crippen LogP contribution in [0.3, 0.4) is 0 Å². The summed E-state index contributed by atoms with van der Waals surface area (Å²) in [7, 11) is 5.82. The van der Waals surface area contributed by atoms with Gasteiger partial charge < -0.3 is 29.9 Å². The Labute approximate surface area is 222 Å². The summed E-state index contributed by atoms with van der Waals surface area (Å²) in [6.07, 6.45) is 7.25. The monoisotopic (exact) mass is 572 g/mol. The molecule has 2 aliphatic rings. The van der Waals surface area contributed by atoms with Gasteiger partial charge in [0.15, 0.2) is 34.6 Å². The Balaban J connectivity index is 0.000000201. The third-order valence-corrected chi connectivity index (χ3v) is 9.49.